The van der Waals surface area contributed by atoms with Crippen LogP contribution in [0.2, 0.25) is 0 Å². The van der Waals surface area contributed by atoms with Gasteiger partial charge >= 0.3 is 6.11 Å². The van der Waals surface area contributed by atoms with Crippen LogP contribution >= 0.6 is 0 Å². The van der Waals surface area contributed by atoms with Gasteiger partial charge in [-0.25, -0.2) is 8.78 Å². The molecule has 4 nitrogen and oxygen atoms in total. The number of halogens is 4. The van der Waals surface area contributed by atoms with Gasteiger partial charge in [0.2, 0.25) is 0 Å². The topological polar surface area (TPSA) is 51.5 Å². The van der Waals surface area contributed by atoms with E-state index in [2.05, 4.69) is 6.92 Å². The maximum absolute atomic E-state index is 15.2. The molecule has 1 aliphatic heterocycles. The zero-order chi connectivity index (χ0) is 30.4. The van der Waals surface area contributed by atoms with Gasteiger partial charge in [0.25, 0.3) is 0 Å². The van der Waals surface area contributed by atoms with E-state index in [1.165, 1.54) is 69.6 Å². The van der Waals surface area contributed by atoms with E-state index >= 15 is 8.78 Å². The van der Waals surface area contributed by atoms with Gasteiger partial charge in [0.15, 0.2) is 6.29 Å². The highest BCUT2D eigenvalue weighted by atomic mass is 19.3. The Balaban J connectivity index is 1.01. The van der Waals surface area contributed by atoms with Gasteiger partial charge in [-0.05, 0) is 99.7 Å². The Bertz CT molecular complexity index is 1040. The summed E-state index contributed by atoms with van der Waals surface area (Å²) in [6.07, 6.45) is 10.4. The van der Waals surface area contributed by atoms with E-state index in [9.17, 15) is 8.78 Å². The summed E-state index contributed by atoms with van der Waals surface area (Å²) in [6, 6.07) is 3.92. The Morgan fingerprint density at radius 2 is 1.42 bits per heavy atom. The quantitative estimate of drug-likeness (QED) is 0.196. The zero-order valence-corrected chi connectivity index (χ0v) is 25.7. The number of nitrogens with zero attached hydrogens (tertiary/aromatic N) is 1. The van der Waals surface area contributed by atoms with Crippen molar-refractivity contribution in [2.45, 2.75) is 134 Å². The van der Waals surface area contributed by atoms with Crippen LogP contribution in [-0.4, -0.2) is 31.7 Å². The largest absolute Gasteiger partial charge is 0.358 e. The first-order valence-electron chi connectivity index (χ1n) is 16.9. The molecule has 3 saturated carbocycles. The van der Waals surface area contributed by atoms with Crippen molar-refractivity contribution in [2.24, 2.45) is 29.6 Å². The number of benzene rings is 1. The molecule has 1 saturated heterocycles. The number of hydrogen-bond acceptors (Lipinski definition) is 4. The molecule has 0 unspecified atom stereocenters. The van der Waals surface area contributed by atoms with Crippen LogP contribution in [0.25, 0.3) is 0 Å². The molecule has 8 heteroatoms. The fraction of sp³-hybridized carbons (Fsp3) is 0.800. The van der Waals surface area contributed by atoms with E-state index in [-0.39, 0.29) is 18.1 Å². The third-order valence-electron chi connectivity index (χ3n) is 11.0. The molecule has 1 aromatic carbocycles. The van der Waals surface area contributed by atoms with E-state index < -0.39 is 35.3 Å². The molecule has 0 aromatic heterocycles. The Labute approximate surface area is 254 Å². The minimum absolute atomic E-state index is 0.138. The molecular weight excluding hydrogens is 558 g/mol. The standard InChI is InChI=1S/C35H49F4NO3/c1-2-3-4-5-23-6-8-25(9-7-23)28-21-41-34(42-22-28)26-10-14-29(15-11-26)35(38,39)43-30-16-12-24(13-17-30)27-18-32(36)31(20-40)33(37)19-27/h18-19,23-26,28-30,34H,2-17,21-22H2,1H3. The lowest BCUT2D eigenvalue weighted by Crippen LogP contribution is -2.43. The molecular formula is C35H49F4NO3. The Morgan fingerprint density at radius 3 is 2.00 bits per heavy atom. The van der Waals surface area contributed by atoms with E-state index in [1.807, 2.05) is 0 Å². The maximum atomic E-state index is 15.2. The van der Waals surface area contributed by atoms with Gasteiger partial charge in [-0.2, -0.15) is 14.0 Å². The van der Waals surface area contributed by atoms with Crippen LogP contribution in [0.4, 0.5) is 17.6 Å². The van der Waals surface area contributed by atoms with Crippen molar-refractivity contribution in [3.05, 3.63) is 34.9 Å². The molecule has 0 spiro atoms. The van der Waals surface area contributed by atoms with Crippen molar-refractivity contribution in [3.8, 4) is 6.07 Å². The van der Waals surface area contributed by atoms with Crippen LogP contribution in [0.3, 0.4) is 0 Å². The highest BCUT2D eigenvalue weighted by Gasteiger charge is 2.46. The van der Waals surface area contributed by atoms with Crippen LogP contribution in [0.5, 0.6) is 0 Å². The summed E-state index contributed by atoms with van der Waals surface area (Å²) >= 11 is 0. The number of ether oxygens (including phenoxy) is 3. The van der Waals surface area contributed by atoms with Gasteiger partial charge in [0.05, 0.1) is 25.2 Å². The Hall–Kier alpha value is -1.69. The van der Waals surface area contributed by atoms with E-state index in [0.717, 1.165) is 19.1 Å². The highest BCUT2D eigenvalue weighted by molar-refractivity contribution is 5.36. The van der Waals surface area contributed by atoms with Crippen LogP contribution in [0, 0.1) is 52.6 Å². The van der Waals surface area contributed by atoms with Crippen molar-refractivity contribution < 1.29 is 31.8 Å². The average molecular weight is 608 g/mol. The van der Waals surface area contributed by atoms with E-state index in [1.54, 1.807) is 0 Å². The van der Waals surface area contributed by atoms with Crippen LogP contribution in [0.15, 0.2) is 12.1 Å². The predicted molar refractivity (Wildman–Crippen MR) is 156 cm³/mol. The molecule has 240 valence electrons. The van der Waals surface area contributed by atoms with Crippen LogP contribution in [0.1, 0.15) is 127 Å². The summed E-state index contributed by atoms with van der Waals surface area (Å²) in [7, 11) is 0. The summed E-state index contributed by atoms with van der Waals surface area (Å²) in [4.78, 5) is 0. The summed E-state index contributed by atoms with van der Waals surface area (Å²) < 4.78 is 76.4. The van der Waals surface area contributed by atoms with Crippen molar-refractivity contribution in [1.82, 2.24) is 0 Å². The summed E-state index contributed by atoms with van der Waals surface area (Å²) in [6.45, 7) is 3.70. The van der Waals surface area contributed by atoms with E-state index in [4.69, 9.17) is 19.5 Å². The number of unbranched alkanes of at least 4 members (excludes halogenated alkanes) is 2. The Kier molecular flexibility index (Phi) is 11.5. The Morgan fingerprint density at radius 1 is 0.814 bits per heavy atom. The van der Waals surface area contributed by atoms with Gasteiger partial charge in [-0.15, -0.1) is 0 Å². The van der Waals surface area contributed by atoms with E-state index in [0.29, 0.717) is 68.8 Å². The minimum atomic E-state index is -3.20. The third kappa shape index (κ3) is 8.32. The smallest absolute Gasteiger partial charge is 0.352 e. The van der Waals surface area contributed by atoms with Gasteiger partial charge in [0.1, 0.15) is 23.3 Å². The maximum Gasteiger partial charge on any atom is 0.358 e. The zero-order valence-electron chi connectivity index (χ0n) is 25.7. The molecule has 4 fully saturated rings. The van der Waals surface area contributed by atoms with Gasteiger partial charge < -0.3 is 14.2 Å². The molecule has 5 rings (SSSR count). The molecule has 0 radical (unpaired) electrons. The van der Waals surface area contributed by atoms with Gasteiger partial charge in [-0.1, -0.05) is 45.4 Å². The molecule has 3 aliphatic carbocycles. The highest BCUT2D eigenvalue weighted by Crippen LogP contribution is 2.45. The first-order chi connectivity index (χ1) is 20.8. The number of rotatable bonds is 10. The average Bonchev–Trinajstić information content (AvgIpc) is 3.02. The SMILES string of the molecule is CCCCCC1CCC(C2COC(C3CCC(C(F)(F)OC4CCC(c5cc(F)c(C#N)c(F)c5)CC4)CC3)OC2)CC1. The lowest BCUT2D eigenvalue weighted by molar-refractivity contribution is -0.305. The monoisotopic (exact) mass is 607 g/mol. The minimum Gasteiger partial charge on any atom is -0.352 e. The van der Waals surface area contributed by atoms with Gasteiger partial charge in [-0.3, -0.25) is 0 Å². The second-order valence-electron chi connectivity index (χ2n) is 13.8. The lowest BCUT2D eigenvalue weighted by Gasteiger charge is -2.42. The predicted octanol–water partition coefficient (Wildman–Crippen LogP) is 9.65. The molecule has 43 heavy (non-hydrogen) atoms. The molecule has 0 atom stereocenters. The first kappa shape index (κ1) is 32.7. The molecule has 1 heterocycles. The third-order valence-corrected chi connectivity index (χ3v) is 11.0. The number of hydrogen-bond donors (Lipinski definition) is 0. The van der Waals surface area contributed by atoms with Gasteiger partial charge in [0, 0.05) is 11.8 Å². The molecule has 1 aromatic rings. The molecule has 0 bridgehead atoms. The second kappa shape index (κ2) is 15.1. The van der Waals surface area contributed by atoms with Crippen molar-refractivity contribution in [1.29, 1.82) is 5.26 Å². The van der Waals surface area contributed by atoms with Crippen molar-refractivity contribution in [3.63, 3.8) is 0 Å². The summed E-state index contributed by atoms with van der Waals surface area (Å²) in [5.74, 6) is -0.559. The van der Waals surface area contributed by atoms with Crippen LogP contribution in [-0.2, 0) is 14.2 Å². The first-order valence-corrected chi connectivity index (χ1v) is 16.9. The fourth-order valence-corrected chi connectivity index (χ4v) is 8.20. The fourth-order valence-electron chi connectivity index (χ4n) is 8.20. The van der Waals surface area contributed by atoms with Crippen LogP contribution < -0.4 is 0 Å². The normalized spacial score (nSPS) is 34.0. The molecule has 0 N–H and O–H groups in total. The second-order valence-corrected chi connectivity index (χ2v) is 13.8. The lowest BCUT2D eigenvalue weighted by atomic mass is 9.74. The number of alkyl halides is 2. The summed E-state index contributed by atoms with van der Waals surface area (Å²) in [5, 5.41) is 8.89. The summed E-state index contributed by atoms with van der Waals surface area (Å²) in [5.41, 5.74) is -0.118. The molecule has 0 amide bonds. The molecule has 4 aliphatic rings. The van der Waals surface area contributed by atoms with Crippen molar-refractivity contribution >= 4 is 0 Å². The van der Waals surface area contributed by atoms with Crippen molar-refractivity contribution in [2.75, 3.05) is 13.2 Å². The number of nitriles is 1.